The summed E-state index contributed by atoms with van der Waals surface area (Å²) in [4.78, 5) is 11.3. The number of anilines is 1. The fourth-order valence-electron chi connectivity index (χ4n) is 2.71. The molecule has 0 radical (unpaired) electrons. The highest BCUT2D eigenvalue weighted by Gasteiger charge is 2.25. The van der Waals surface area contributed by atoms with E-state index >= 15 is 0 Å². The van der Waals surface area contributed by atoms with E-state index in [0.717, 1.165) is 17.7 Å². The molecular weight excluding hydrogens is 258 g/mol. The van der Waals surface area contributed by atoms with Crippen LogP contribution in [-0.4, -0.2) is 28.6 Å². The fraction of sp³-hybridized carbons (Fsp3) is 0.533. The van der Waals surface area contributed by atoms with Gasteiger partial charge >= 0.3 is 5.97 Å². The summed E-state index contributed by atoms with van der Waals surface area (Å²) in [5, 5.41) is 13.3. The van der Waals surface area contributed by atoms with Gasteiger partial charge in [0.15, 0.2) is 0 Å². The molecule has 2 N–H and O–H groups in total. The van der Waals surface area contributed by atoms with Crippen LogP contribution in [0.25, 0.3) is 0 Å². The molecule has 0 aliphatic heterocycles. The number of rotatable bonds is 4. The Bertz CT molecular complexity index is 461. The standard InChI is InChI=1S/C15H21NO2S/c1-10-7-8-11(15(17)18)13(9-10)16-12-5-3-4-6-14(12)19-2/h7-9,12,14,16H,3-6H2,1-2H3,(H,17,18). The molecule has 2 rings (SSSR count). The van der Waals surface area contributed by atoms with E-state index in [2.05, 4.69) is 11.6 Å². The van der Waals surface area contributed by atoms with Crippen molar-refractivity contribution in [1.82, 2.24) is 0 Å². The number of aryl methyl sites for hydroxylation is 1. The van der Waals surface area contributed by atoms with Gasteiger partial charge in [-0.25, -0.2) is 4.79 Å². The molecule has 1 saturated carbocycles. The van der Waals surface area contributed by atoms with E-state index in [0.29, 0.717) is 16.9 Å². The van der Waals surface area contributed by atoms with Crippen molar-refractivity contribution in [2.45, 2.75) is 43.9 Å². The molecule has 0 spiro atoms. The minimum absolute atomic E-state index is 0.371. The van der Waals surface area contributed by atoms with E-state index in [1.54, 1.807) is 6.07 Å². The van der Waals surface area contributed by atoms with E-state index in [-0.39, 0.29) is 0 Å². The SMILES string of the molecule is CSC1CCCCC1Nc1cc(C)ccc1C(=O)O. The summed E-state index contributed by atoms with van der Waals surface area (Å²) in [6.45, 7) is 1.99. The summed E-state index contributed by atoms with van der Waals surface area (Å²) in [6.07, 6.45) is 6.98. The molecule has 0 heterocycles. The zero-order valence-electron chi connectivity index (χ0n) is 11.5. The maximum atomic E-state index is 11.3. The Balaban J connectivity index is 2.21. The van der Waals surface area contributed by atoms with Crippen LogP contribution >= 0.6 is 11.8 Å². The Labute approximate surface area is 118 Å². The van der Waals surface area contributed by atoms with Crippen LogP contribution in [0.1, 0.15) is 41.6 Å². The van der Waals surface area contributed by atoms with Crippen LogP contribution in [0.4, 0.5) is 5.69 Å². The molecule has 3 nitrogen and oxygen atoms in total. The minimum Gasteiger partial charge on any atom is -0.478 e. The maximum absolute atomic E-state index is 11.3. The van der Waals surface area contributed by atoms with E-state index in [1.165, 1.54) is 19.3 Å². The van der Waals surface area contributed by atoms with Crippen LogP contribution in [0.5, 0.6) is 0 Å². The lowest BCUT2D eigenvalue weighted by Gasteiger charge is -2.32. The first-order chi connectivity index (χ1) is 9.11. The molecule has 1 aliphatic rings. The number of nitrogens with one attached hydrogen (secondary N) is 1. The zero-order chi connectivity index (χ0) is 13.8. The third-order valence-corrected chi connectivity index (χ3v) is 4.92. The summed E-state index contributed by atoms with van der Waals surface area (Å²) in [7, 11) is 0. The topological polar surface area (TPSA) is 49.3 Å². The number of hydrogen-bond acceptors (Lipinski definition) is 3. The Hall–Kier alpha value is -1.16. The summed E-state index contributed by atoms with van der Waals surface area (Å²) in [6, 6.07) is 5.86. The Morgan fingerprint density at radius 3 is 2.79 bits per heavy atom. The van der Waals surface area contributed by atoms with Gasteiger partial charge in [-0.2, -0.15) is 11.8 Å². The number of hydrogen-bond donors (Lipinski definition) is 2. The van der Waals surface area contributed by atoms with Crippen molar-refractivity contribution in [1.29, 1.82) is 0 Å². The molecular formula is C15H21NO2S. The molecule has 19 heavy (non-hydrogen) atoms. The lowest BCUT2D eigenvalue weighted by atomic mass is 9.94. The van der Waals surface area contributed by atoms with E-state index in [9.17, 15) is 9.90 Å². The molecule has 1 aliphatic carbocycles. The Morgan fingerprint density at radius 1 is 1.37 bits per heavy atom. The van der Waals surface area contributed by atoms with E-state index in [1.807, 2.05) is 30.8 Å². The van der Waals surface area contributed by atoms with Gasteiger partial charge in [0.2, 0.25) is 0 Å². The summed E-state index contributed by atoms with van der Waals surface area (Å²) < 4.78 is 0. The van der Waals surface area contributed by atoms with E-state index < -0.39 is 5.97 Å². The fourth-order valence-corrected chi connectivity index (χ4v) is 3.64. The normalized spacial score (nSPS) is 23.1. The predicted octanol–water partition coefficient (Wildman–Crippen LogP) is 3.78. The predicted molar refractivity (Wildman–Crippen MR) is 81.3 cm³/mol. The molecule has 1 fully saturated rings. The molecule has 2 atom stereocenters. The van der Waals surface area contributed by atoms with Crippen LogP contribution in [0.3, 0.4) is 0 Å². The third-order valence-electron chi connectivity index (χ3n) is 3.75. The molecule has 0 bridgehead atoms. The lowest BCUT2D eigenvalue weighted by Crippen LogP contribution is -2.34. The molecule has 0 saturated heterocycles. The van der Waals surface area contributed by atoms with Crippen LogP contribution in [0, 0.1) is 6.92 Å². The quantitative estimate of drug-likeness (QED) is 0.880. The number of carboxylic acids is 1. The second kappa shape index (κ2) is 6.33. The first-order valence-corrected chi connectivity index (χ1v) is 8.04. The zero-order valence-corrected chi connectivity index (χ0v) is 12.3. The molecule has 1 aromatic rings. The van der Waals surface area contributed by atoms with Crippen LogP contribution in [0.2, 0.25) is 0 Å². The first kappa shape index (κ1) is 14.3. The van der Waals surface area contributed by atoms with Crippen molar-refractivity contribution < 1.29 is 9.90 Å². The highest BCUT2D eigenvalue weighted by atomic mass is 32.2. The van der Waals surface area contributed by atoms with Crippen LogP contribution in [0.15, 0.2) is 18.2 Å². The molecule has 104 valence electrons. The molecule has 2 unspecified atom stereocenters. The van der Waals surface area contributed by atoms with Crippen molar-refractivity contribution in [3.8, 4) is 0 Å². The smallest absolute Gasteiger partial charge is 0.337 e. The van der Waals surface area contributed by atoms with Crippen LogP contribution in [-0.2, 0) is 0 Å². The van der Waals surface area contributed by atoms with Gasteiger partial charge in [0, 0.05) is 17.0 Å². The van der Waals surface area contributed by atoms with Gasteiger partial charge in [-0.3, -0.25) is 0 Å². The third kappa shape index (κ3) is 3.44. The molecule has 0 aromatic heterocycles. The average Bonchev–Trinajstić information content (AvgIpc) is 2.39. The molecule has 1 aromatic carbocycles. The van der Waals surface area contributed by atoms with Gasteiger partial charge in [0.05, 0.1) is 5.56 Å². The van der Waals surface area contributed by atoms with Gasteiger partial charge in [-0.05, 0) is 43.7 Å². The number of aromatic carboxylic acids is 1. The van der Waals surface area contributed by atoms with Crippen molar-refractivity contribution >= 4 is 23.4 Å². The van der Waals surface area contributed by atoms with Gasteiger partial charge in [0.1, 0.15) is 0 Å². The van der Waals surface area contributed by atoms with Gasteiger partial charge in [-0.1, -0.05) is 18.9 Å². The average molecular weight is 279 g/mol. The van der Waals surface area contributed by atoms with Gasteiger partial charge < -0.3 is 10.4 Å². The van der Waals surface area contributed by atoms with E-state index in [4.69, 9.17) is 0 Å². The number of carbonyl (C=O) groups is 1. The monoisotopic (exact) mass is 279 g/mol. The number of benzene rings is 1. The second-order valence-electron chi connectivity index (χ2n) is 5.16. The largest absolute Gasteiger partial charge is 0.478 e. The summed E-state index contributed by atoms with van der Waals surface area (Å²) in [5.74, 6) is -0.862. The van der Waals surface area contributed by atoms with Crippen molar-refractivity contribution in [2.24, 2.45) is 0 Å². The second-order valence-corrected chi connectivity index (χ2v) is 6.24. The minimum atomic E-state index is -0.862. The number of carboxylic acid groups (broad SMARTS) is 1. The number of thioether (sulfide) groups is 1. The summed E-state index contributed by atoms with van der Waals surface area (Å²) in [5.41, 5.74) is 2.22. The van der Waals surface area contributed by atoms with Crippen molar-refractivity contribution in [3.63, 3.8) is 0 Å². The van der Waals surface area contributed by atoms with Gasteiger partial charge in [0.25, 0.3) is 0 Å². The van der Waals surface area contributed by atoms with Gasteiger partial charge in [-0.15, -0.1) is 0 Å². The lowest BCUT2D eigenvalue weighted by molar-refractivity contribution is 0.0698. The molecule has 0 amide bonds. The highest BCUT2D eigenvalue weighted by molar-refractivity contribution is 7.99. The van der Waals surface area contributed by atoms with Crippen molar-refractivity contribution in [2.75, 3.05) is 11.6 Å². The first-order valence-electron chi connectivity index (χ1n) is 6.75. The Morgan fingerprint density at radius 2 is 2.11 bits per heavy atom. The summed E-state index contributed by atoms with van der Waals surface area (Å²) >= 11 is 1.88. The molecule has 4 heteroatoms. The van der Waals surface area contributed by atoms with Crippen molar-refractivity contribution in [3.05, 3.63) is 29.3 Å². The Kier molecular flexibility index (Phi) is 4.75. The van der Waals surface area contributed by atoms with Crippen LogP contribution < -0.4 is 5.32 Å². The maximum Gasteiger partial charge on any atom is 0.337 e. The highest BCUT2D eigenvalue weighted by Crippen LogP contribution is 2.30.